The van der Waals surface area contributed by atoms with Crippen LogP contribution in [0.15, 0.2) is 42.5 Å². The van der Waals surface area contributed by atoms with Crippen molar-refractivity contribution in [2.45, 2.75) is 13.1 Å². The smallest absolute Gasteiger partial charge is 0.145 e. The lowest BCUT2D eigenvalue weighted by Crippen LogP contribution is -2.18. The van der Waals surface area contributed by atoms with Gasteiger partial charge in [-0.1, -0.05) is 30.3 Å². The molecular weight excluding hydrogens is 267 g/mol. The quantitative estimate of drug-likeness (QED) is 0.845. The molecule has 21 heavy (non-hydrogen) atoms. The van der Waals surface area contributed by atoms with Crippen LogP contribution in [0, 0.1) is 17.1 Å². The Morgan fingerprint density at radius 3 is 2.48 bits per heavy atom. The van der Waals surface area contributed by atoms with Crippen LogP contribution in [-0.4, -0.2) is 19.1 Å². The molecule has 0 saturated carbocycles. The van der Waals surface area contributed by atoms with Gasteiger partial charge in [-0.3, -0.25) is 4.90 Å². The third-order valence-electron chi connectivity index (χ3n) is 3.27. The van der Waals surface area contributed by atoms with Crippen molar-refractivity contribution in [3.8, 4) is 11.8 Å². The molecule has 0 unspecified atom stereocenters. The first-order chi connectivity index (χ1) is 10.2. The van der Waals surface area contributed by atoms with Gasteiger partial charge in [-0.05, 0) is 19.2 Å². The highest BCUT2D eigenvalue weighted by atomic mass is 19.1. The largest absolute Gasteiger partial charge is 0.496 e. The maximum atomic E-state index is 14.0. The maximum absolute atomic E-state index is 14.0. The Labute approximate surface area is 124 Å². The Kier molecular flexibility index (Phi) is 4.91. The fourth-order valence-electron chi connectivity index (χ4n) is 2.26. The van der Waals surface area contributed by atoms with E-state index in [2.05, 4.69) is 0 Å². The number of ether oxygens (including phenoxy) is 1. The molecule has 2 aromatic carbocycles. The molecule has 0 radical (unpaired) electrons. The van der Waals surface area contributed by atoms with Gasteiger partial charge in [0.05, 0.1) is 12.7 Å². The van der Waals surface area contributed by atoms with Crippen LogP contribution in [0.3, 0.4) is 0 Å². The first-order valence-corrected chi connectivity index (χ1v) is 6.63. The highest BCUT2D eigenvalue weighted by Gasteiger charge is 2.11. The van der Waals surface area contributed by atoms with Gasteiger partial charge in [0.25, 0.3) is 0 Å². The van der Waals surface area contributed by atoms with E-state index >= 15 is 0 Å². The second-order valence-corrected chi connectivity index (χ2v) is 4.87. The average molecular weight is 284 g/mol. The van der Waals surface area contributed by atoms with Crippen LogP contribution in [0.2, 0.25) is 0 Å². The van der Waals surface area contributed by atoms with Crippen molar-refractivity contribution in [3.63, 3.8) is 0 Å². The highest BCUT2D eigenvalue weighted by Crippen LogP contribution is 2.20. The highest BCUT2D eigenvalue weighted by molar-refractivity contribution is 5.35. The molecule has 0 amide bonds. The molecule has 0 saturated heterocycles. The number of halogens is 1. The molecule has 0 heterocycles. The molecule has 0 aliphatic carbocycles. The summed E-state index contributed by atoms with van der Waals surface area (Å²) >= 11 is 0. The van der Waals surface area contributed by atoms with E-state index in [1.165, 1.54) is 6.07 Å². The third kappa shape index (κ3) is 3.59. The minimum atomic E-state index is -0.438. The number of hydrogen-bond donors (Lipinski definition) is 0. The van der Waals surface area contributed by atoms with Gasteiger partial charge in [-0.25, -0.2) is 4.39 Å². The van der Waals surface area contributed by atoms with Crippen molar-refractivity contribution in [3.05, 3.63) is 65.0 Å². The van der Waals surface area contributed by atoms with Gasteiger partial charge in [-0.2, -0.15) is 5.26 Å². The van der Waals surface area contributed by atoms with E-state index in [1.54, 1.807) is 19.2 Å². The Bertz CT molecular complexity index is 664. The zero-order chi connectivity index (χ0) is 15.2. The average Bonchev–Trinajstić information content (AvgIpc) is 2.50. The van der Waals surface area contributed by atoms with Gasteiger partial charge in [0, 0.05) is 24.2 Å². The van der Waals surface area contributed by atoms with Gasteiger partial charge in [-0.15, -0.1) is 0 Å². The monoisotopic (exact) mass is 284 g/mol. The number of hydrogen-bond acceptors (Lipinski definition) is 3. The molecular formula is C17H17FN2O. The van der Waals surface area contributed by atoms with Crippen LogP contribution < -0.4 is 4.74 Å². The van der Waals surface area contributed by atoms with Crippen molar-refractivity contribution in [2.24, 2.45) is 0 Å². The summed E-state index contributed by atoms with van der Waals surface area (Å²) < 4.78 is 19.4. The summed E-state index contributed by atoms with van der Waals surface area (Å²) in [5.74, 6) is 0.377. The predicted octanol–water partition coefficient (Wildman–Crippen LogP) is 3.34. The van der Waals surface area contributed by atoms with Gasteiger partial charge in [0.2, 0.25) is 0 Å². The van der Waals surface area contributed by atoms with E-state index in [9.17, 15) is 4.39 Å². The van der Waals surface area contributed by atoms with E-state index in [0.717, 1.165) is 11.3 Å². The van der Waals surface area contributed by atoms with Crippen molar-refractivity contribution in [2.75, 3.05) is 14.2 Å². The van der Waals surface area contributed by atoms with Gasteiger partial charge >= 0.3 is 0 Å². The van der Waals surface area contributed by atoms with Crippen LogP contribution in [0.5, 0.6) is 5.75 Å². The van der Waals surface area contributed by atoms with Crippen LogP contribution in [0.4, 0.5) is 4.39 Å². The molecule has 0 aliphatic heterocycles. The third-order valence-corrected chi connectivity index (χ3v) is 3.27. The van der Waals surface area contributed by atoms with Crippen molar-refractivity contribution in [1.29, 1.82) is 5.26 Å². The zero-order valence-corrected chi connectivity index (χ0v) is 12.1. The molecule has 108 valence electrons. The lowest BCUT2D eigenvalue weighted by molar-refractivity contribution is 0.305. The van der Waals surface area contributed by atoms with Crippen LogP contribution >= 0.6 is 0 Å². The molecule has 4 heteroatoms. The topological polar surface area (TPSA) is 36.3 Å². The Morgan fingerprint density at radius 1 is 1.10 bits per heavy atom. The number of para-hydroxylation sites is 1. The fraction of sp³-hybridized carbons (Fsp3) is 0.235. The second kappa shape index (κ2) is 6.87. The molecule has 0 atom stereocenters. The van der Waals surface area contributed by atoms with E-state index in [1.807, 2.05) is 42.3 Å². The first kappa shape index (κ1) is 15.0. The van der Waals surface area contributed by atoms with Gasteiger partial charge in [0.15, 0.2) is 0 Å². The summed E-state index contributed by atoms with van der Waals surface area (Å²) in [5, 5.41) is 8.86. The van der Waals surface area contributed by atoms with E-state index in [-0.39, 0.29) is 5.56 Å². The summed E-state index contributed by atoms with van der Waals surface area (Å²) in [6.07, 6.45) is 0. The molecule has 3 nitrogen and oxygen atoms in total. The molecule has 0 fully saturated rings. The fourth-order valence-corrected chi connectivity index (χ4v) is 2.26. The van der Waals surface area contributed by atoms with Gasteiger partial charge < -0.3 is 4.74 Å². The summed E-state index contributed by atoms with van der Waals surface area (Å²) in [6.45, 7) is 1.07. The van der Waals surface area contributed by atoms with Crippen molar-refractivity contribution < 1.29 is 9.13 Å². The minimum absolute atomic E-state index is 0.0817. The molecule has 0 aromatic heterocycles. The lowest BCUT2D eigenvalue weighted by atomic mass is 10.1. The molecule has 0 N–H and O–H groups in total. The number of rotatable bonds is 5. The lowest BCUT2D eigenvalue weighted by Gasteiger charge is -2.19. The zero-order valence-electron chi connectivity index (χ0n) is 12.1. The molecule has 2 aromatic rings. The first-order valence-electron chi connectivity index (χ1n) is 6.63. The van der Waals surface area contributed by atoms with Crippen molar-refractivity contribution >= 4 is 0 Å². The summed E-state index contributed by atoms with van der Waals surface area (Å²) in [5.41, 5.74) is 1.64. The van der Waals surface area contributed by atoms with Crippen LogP contribution in [-0.2, 0) is 13.1 Å². The second-order valence-electron chi connectivity index (χ2n) is 4.87. The number of benzene rings is 2. The van der Waals surface area contributed by atoms with E-state index in [0.29, 0.717) is 18.7 Å². The summed E-state index contributed by atoms with van der Waals surface area (Å²) in [6, 6.07) is 14.5. The van der Waals surface area contributed by atoms with E-state index < -0.39 is 5.82 Å². The van der Waals surface area contributed by atoms with Crippen LogP contribution in [0.1, 0.15) is 16.7 Å². The van der Waals surface area contributed by atoms with Gasteiger partial charge in [0.1, 0.15) is 17.6 Å². The number of nitrogens with zero attached hydrogens (tertiary/aromatic N) is 2. The van der Waals surface area contributed by atoms with E-state index in [4.69, 9.17) is 10.00 Å². The Hall–Kier alpha value is -2.38. The Morgan fingerprint density at radius 2 is 1.76 bits per heavy atom. The van der Waals surface area contributed by atoms with Crippen molar-refractivity contribution in [1.82, 2.24) is 4.90 Å². The normalized spacial score (nSPS) is 10.4. The minimum Gasteiger partial charge on any atom is -0.496 e. The Balaban J connectivity index is 2.12. The molecule has 0 spiro atoms. The summed E-state index contributed by atoms with van der Waals surface area (Å²) in [7, 11) is 3.54. The molecule has 0 bridgehead atoms. The predicted molar refractivity (Wildman–Crippen MR) is 79.3 cm³/mol. The molecule has 0 aliphatic rings. The summed E-state index contributed by atoms with van der Waals surface area (Å²) in [4.78, 5) is 1.98. The maximum Gasteiger partial charge on any atom is 0.145 e. The standard InChI is InChI=1S/C17H17FN2O/c1-20(11-14-6-3-4-9-16(14)21-2)12-15-8-5-7-13(10-19)17(15)18/h3-9H,11-12H2,1-2H3. The molecule has 2 rings (SSSR count). The van der Waals surface area contributed by atoms with Crippen LogP contribution in [0.25, 0.3) is 0 Å². The SMILES string of the molecule is COc1ccccc1CN(C)Cc1cccc(C#N)c1F. The number of nitriles is 1. The number of methoxy groups -OCH3 is 1.